The van der Waals surface area contributed by atoms with Gasteiger partial charge in [-0.2, -0.15) is 0 Å². The van der Waals surface area contributed by atoms with E-state index in [4.69, 9.17) is 0 Å². The molecule has 1 aliphatic heterocycles. The van der Waals surface area contributed by atoms with Crippen LogP contribution in [0.5, 0.6) is 0 Å². The summed E-state index contributed by atoms with van der Waals surface area (Å²) in [5.74, 6) is 0.310. The van der Waals surface area contributed by atoms with Crippen molar-refractivity contribution in [3.8, 4) is 0 Å². The maximum Gasteiger partial charge on any atom is 0.293 e. The Kier molecular flexibility index (Phi) is 3.12. The van der Waals surface area contributed by atoms with Crippen molar-refractivity contribution in [2.24, 2.45) is 0 Å². The van der Waals surface area contributed by atoms with Crippen LogP contribution < -0.4 is 16.2 Å². The van der Waals surface area contributed by atoms with Gasteiger partial charge in [-0.15, -0.1) is 0 Å². The molecular weight excluding hydrogens is 220 g/mol. The number of anilines is 1. The molecule has 1 unspecified atom stereocenters. The number of amides is 1. The molecule has 6 heteroatoms. The second-order valence-electron chi connectivity index (χ2n) is 4.43. The van der Waals surface area contributed by atoms with Gasteiger partial charge in [0, 0.05) is 31.4 Å². The second-order valence-corrected chi connectivity index (χ2v) is 4.43. The summed E-state index contributed by atoms with van der Waals surface area (Å²) in [6.07, 6.45) is 3.64. The molecule has 1 saturated heterocycles. The lowest BCUT2D eigenvalue weighted by molar-refractivity contribution is -0.119. The van der Waals surface area contributed by atoms with Gasteiger partial charge in [-0.05, 0) is 13.8 Å². The summed E-state index contributed by atoms with van der Waals surface area (Å²) in [6, 6.07) is 0.0418. The van der Waals surface area contributed by atoms with Gasteiger partial charge in [0.05, 0.1) is 6.04 Å². The van der Waals surface area contributed by atoms with Gasteiger partial charge in [0.25, 0.3) is 5.56 Å². The van der Waals surface area contributed by atoms with Crippen molar-refractivity contribution in [3.05, 3.63) is 22.7 Å². The molecule has 0 saturated carbocycles. The van der Waals surface area contributed by atoms with Crippen LogP contribution in [-0.2, 0) is 4.79 Å². The van der Waals surface area contributed by atoms with Crippen LogP contribution >= 0.6 is 0 Å². The fourth-order valence-electron chi connectivity index (χ4n) is 1.83. The lowest BCUT2D eigenvalue weighted by atomic mass is 10.2. The van der Waals surface area contributed by atoms with Crippen LogP contribution in [0.4, 0.5) is 5.82 Å². The molecule has 0 spiro atoms. The molecule has 1 aliphatic rings. The van der Waals surface area contributed by atoms with Crippen molar-refractivity contribution in [1.29, 1.82) is 0 Å². The topological polar surface area (TPSA) is 76.0 Å². The Bertz CT molecular complexity index is 481. The normalized spacial score (nSPS) is 19.5. The van der Waals surface area contributed by atoms with Crippen LogP contribution in [0.1, 0.15) is 26.3 Å². The fourth-order valence-corrected chi connectivity index (χ4v) is 1.83. The van der Waals surface area contributed by atoms with E-state index in [-0.39, 0.29) is 23.6 Å². The molecule has 0 aromatic carbocycles. The second kappa shape index (κ2) is 4.57. The number of hydrogen-bond donors (Lipinski definition) is 2. The van der Waals surface area contributed by atoms with E-state index in [1.165, 1.54) is 0 Å². The first-order valence-electron chi connectivity index (χ1n) is 5.68. The third kappa shape index (κ3) is 2.46. The highest BCUT2D eigenvalue weighted by molar-refractivity contribution is 5.79. The molecular formula is C11H16N4O2. The molecule has 17 heavy (non-hydrogen) atoms. The summed E-state index contributed by atoms with van der Waals surface area (Å²) in [5, 5.41) is 5.72. The molecule has 1 fully saturated rings. The molecule has 0 aliphatic carbocycles. The van der Waals surface area contributed by atoms with Gasteiger partial charge < -0.3 is 15.2 Å². The first-order chi connectivity index (χ1) is 8.08. The van der Waals surface area contributed by atoms with E-state index < -0.39 is 0 Å². The van der Waals surface area contributed by atoms with Crippen molar-refractivity contribution in [2.45, 2.75) is 32.4 Å². The smallest absolute Gasteiger partial charge is 0.293 e. The Morgan fingerprint density at radius 3 is 2.88 bits per heavy atom. The molecule has 2 heterocycles. The minimum absolute atomic E-state index is 0.00242. The van der Waals surface area contributed by atoms with Crippen LogP contribution in [0.3, 0.4) is 0 Å². The van der Waals surface area contributed by atoms with E-state index in [0.717, 1.165) is 0 Å². The summed E-state index contributed by atoms with van der Waals surface area (Å²) >= 11 is 0. The molecule has 6 nitrogen and oxygen atoms in total. The highest BCUT2D eigenvalue weighted by atomic mass is 16.2. The minimum Gasteiger partial charge on any atom is -0.360 e. The number of aromatic nitrogens is 2. The first kappa shape index (κ1) is 11.6. The minimum atomic E-state index is -0.151. The Morgan fingerprint density at radius 2 is 2.29 bits per heavy atom. The number of carbonyl (C=O) groups excluding carboxylic acids is 1. The molecule has 1 atom stereocenters. The maximum absolute atomic E-state index is 12.0. The molecule has 0 bridgehead atoms. The van der Waals surface area contributed by atoms with Crippen molar-refractivity contribution >= 4 is 11.7 Å². The van der Waals surface area contributed by atoms with Crippen LogP contribution in [0.25, 0.3) is 0 Å². The Labute approximate surface area is 99.1 Å². The Hall–Kier alpha value is -1.85. The van der Waals surface area contributed by atoms with E-state index in [1.807, 2.05) is 13.8 Å². The lowest BCUT2D eigenvalue weighted by Crippen LogP contribution is -2.30. The van der Waals surface area contributed by atoms with Crippen LogP contribution in [0.15, 0.2) is 17.2 Å². The van der Waals surface area contributed by atoms with Gasteiger partial charge in [-0.3, -0.25) is 9.59 Å². The summed E-state index contributed by atoms with van der Waals surface area (Å²) in [5.41, 5.74) is -0.151. The molecule has 1 aromatic rings. The van der Waals surface area contributed by atoms with Gasteiger partial charge in [0.15, 0.2) is 5.82 Å². The van der Waals surface area contributed by atoms with E-state index in [1.54, 1.807) is 17.0 Å². The first-order valence-corrected chi connectivity index (χ1v) is 5.68. The number of rotatable bonds is 3. The highest BCUT2D eigenvalue weighted by Gasteiger charge is 2.22. The van der Waals surface area contributed by atoms with E-state index in [0.29, 0.717) is 18.8 Å². The monoisotopic (exact) mass is 236 g/mol. The van der Waals surface area contributed by atoms with E-state index >= 15 is 0 Å². The van der Waals surface area contributed by atoms with Gasteiger partial charge >= 0.3 is 0 Å². The van der Waals surface area contributed by atoms with Crippen molar-refractivity contribution in [3.63, 3.8) is 0 Å². The highest BCUT2D eigenvalue weighted by Crippen LogP contribution is 2.07. The average molecular weight is 236 g/mol. The molecule has 92 valence electrons. The number of carbonyl (C=O) groups is 1. The zero-order valence-corrected chi connectivity index (χ0v) is 9.93. The van der Waals surface area contributed by atoms with E-state index in [2.05, 4.69) is 15.6 Å². The Morgan fingerprint density at radius 1 is 1.53 bits per heavy atom. The van der Waals surface area contributed by atoms with Gasteiger partial charge in [-0.25, -0.2) is 4.98 Å². The fraction of sp³-hybridized carbons (Fsp3) is 0.545. The maximum atomic E-state index is 12.0. The standard InChI is InChI=1S/C11H16N4O2/c1-7(2)15-4-3-12-10(11(15)17)14-8-5-9(16)13-6-8/h3-4,7-8H,5-6H2,1-2H3,(H,12,14)(H,13,16). The van der Waals surface area contributed by atoms with Crippen molar-refractivity contribution in [2.75, 3.05) is 11.9 Å². The van der Waals surface area contributed by atoms with Crippen LogP contribution in [0.2, 0.25) is 0 Å². The zero-order chi connectivity index (χ0) is 12.4. The number of hydrogen-bond acceptors (Lipinski definition) is 4. The summed E-state index contributed by atoms with van der Waals surface area (Å²) in [4.78, 5) is 27.1. The molecule has 2 N–H and O–H groups in total. The predicted molar refractivity (Wildman–Crippen MR) is 63.9 cm³/mol. The van der Waals surface area contributed by atoms with Gasteiger partial charge in [-0.1, -0.05) is 0 Å². The summed E-state index contributed by atoms with van der Waals surface area (Å²) in [6.45, 7) is 4.41. The predicted octanol–water partition coefficient (Wildman–Crippen LogP) is 0.125. The molecule has 1 amide bonds. The Balaban J connectivity index is 2.19. The van der Waals surface area contributed by atoms with E-state index in [9.17, 15) is 9.59 Å². The summed E-state index contributed by atoms with van der Waals surface area (Å²) in [7, 11) is 0. The largest absolute Gasteiger partial charge is 0.360 e. The summed E-state index contributed by atoms with van der Waals surface area (Å²) < 4.78 is 1.61. The van der Waals surface area contributed by atoms with Gasteiger partial charge in [0.2, 0.25) is 5.91 Å². The van der Waals surface area contributed by atoms with Gasteiger partial charge in [0.1, 0.15) is 0 Å². The van der Waals surface area contributed by atoms with Crippen molar-refractivity contribution < 1.29 is 4.79 Å². The third-order valence-corrected chi connectivity index (χ3v) is 2.74. The average Bonchev–Trinajstić information content (AvgIpc) is 2.67. The number of nitrogens with one attached hydrogen (secondary N) is 2. The third-order valence-electron chi connectivity index (χ3n) is 2.74. The molecule has 2 rings (SSSR count). The zero-order valence-electron chi connectivity index (χ0n) is 9.93. The van der Waals surface area contributed by atoms with Crippen LogP contribution in [0, 0.1) is 0 Å². The lowest BCUT2D eigenvalue weighted by Gasteiger charge is -2.14. The quantitative estimate of drug-likeness (QED) is 0.782. The number of nitrogens with zero attached hydrogens (tertiary/aromatic N) is 2. The molecule has 1 aromatic heterocycles. The molecule has 0 radical (unpaired) electrons. The SMILES string of the molecule is CC(C)n1ccnc(NC2CNC(=O)C2)c1=O. The van der Waals surface area contributed by atoms with Crippen molar-refractivity contribution in [1.82, 2.24) is 14.9 Å². The van der Waals surface area contributed by atoms with Crippen LogP contribution in [-0.4, -0.2) is 28.0 Å².